The van der Waals surface area contributed by atoms with Gasteiger partial charge in [-0.3, -0.25) is 4.79 Å². The third-order valence-corrected chi connectivity index (χ3v) is 3.40. The molecule has 0 bridgehead atoms. The highest BCUT2D eigenvalue weighted by Gasteiger charge is 2.32. The minimum Gasteiger partial charge on any atom is -0.530 e. The summed E-state index contributed by atoms with van der Waals surface area (Å²) in [7, 11) is 0. The van der Waals surface area contributed by atoms with Crippen LogP contribution in [0.2, 0.25) is 0 Å². The van der Waals surface area contributed by atoms with E-state index in [1.807, 2.05) is 0 Å². The second-order valence-electron chi connectivity index (χ2n) is 4.98. The number of ether oxygens (including phenoxy) is 1. The van der Waals surface area contributed by atoms with E-state index in [2.05, 4.69) is 0 Å². The number of piperidine rings is 1. The first-order chi connectivity index (χ1) is 10.3. The van der Waals surface area contributed by atoms with Crippen molar-refractivity contribution in [1.82, 2.24) is 4.90 Å². The molecule has 0 spiro atoms. The van der Waals surface area contributed by atoms with E-state index < -0.39 is 23.9 Å². The summed E-state index contributed by atoms with van der Waals surface area (Å²) >= 11 is 0. The number of alkyl halides is 3. The lowest BCUT2D eigenvalue weighted by Crippen LogP contribution is -2.47. The van der Waals surface area contributed by atoms with Crippen molar-refractivity contribution in [2.45, 2.75) is 25.1 Å². The van der Waals surface area contributed by atoms with Gasteiger partial charge in [-0.15, -0.1) is 0 Å². The van der Waals surface area contributed by atoms with E-state index in [1.54, 1.807) is 0 Å². The van der Waals surface area contributed by atoms with Crippen molar-refractivity contribution in [3.63, 3.8) is 0 Å². The van der Waals surface area contributed by atoms with E-state index in [4.69, 9.17) is 4.74 Å². The Hall–Kier alpha value is -2.25. The third kappa shape index (κ3) is 3.90. The largest absolute Gasteiger partial charge is 0.530 e. The Labute approximate surface area is 124 Å². The summed E-state index contributed by atoms with van der Waals surface area (Å²) in [6, 6.07) is 2.81. The Morgan fingerprint density at radius 3 is 2.41 bits per heavy atom. The molecule has 1 fully saturated rings. The topological polar surface area (TPSA) is 69.7 Å². The number of hydrogen-bond acceptors (Lipinski definition) is 4. The molecule has 0 aliphatic carbocycles. The summed E-state index contributed by atoms with van der Waals surface area (Å²) in [5.74, 6) is -0.0520. The first kappa shape index (κ1) is 16.1. The highest BCUT2D eigenvalue weighted by atomic mass is 19.4. The SMILES string of the molecule is O=Cc1cc(OC2CCN(C(=O)[O-])CC2)cc(C(F)(F)F)c1. The monoisotopic (exact) mass is 316 g/mol. The Bertz CT molecular complexity index is 566. The molecule has 1 aliphatic rings. The minimum atomic E-state index is -4.57. The molecule has 5 nitrogen and oxygen atoms in total. The number of nitrogens with zero attached hydrogens (tertiary/aromatic N) is 1. The van der Waals surface area contributed by atoms with Gasteiger partial charge in [0.25, 0.3) is 0 Å². The molecule has 0 unspecified atom stereocenters. The van der Waals surface area contributed by atoms with Crippen LogP contribution in [-0.4, -0.2) is 36.5 Å². The van der Waals surface area contributed by atoms with E-state index in [9.17, 15) is 27.9 Å². The second-order valence-corrected chi connectivity index (χ2v) is 4.98. The van der Waals surface area contributed by atoms with E-state index >= 15 is 0 Å². The molecule has 22 heavy (non-hydrogen) atoms. The number of aldehydes is 1. The van der Waals surface area contributed by atoms with Gasteiger partial charge >= 0.3 is 6.18 Å². The number of carbonyl (C=O) groups is 2. The van der Waals surface area contributed by atoms with Crippen LogP contribution in [0.25, 0.3) is 0 Å². The molecule has 0 atom stereocenters. The van der Waals surface area contributed by atoms with Gasteiger partial charge in [-0.05, 0) is 18.2 Å². The molecule has 1 aromatic rings. The number of rotatable bonds is 3. The first-order valence-electron chi connectivity index (χ1n) is 6.59. The van der Waals surface area contributed by atoms with Crippen molar-refractivity contribution in [1.29, 1.82) is 0 Å². The van der Waals surface area contributed by atoms with Crippen LogP contribution in [0.5, 0.6) is 5.75 Å². The first-order valence-corrected chi connectivity index (χ1v) is 6.59. The number of carbonyl (C=O) groups excluding carboxylic acids is 2. The van der Waals surface area contributed by atoms with Gasteiger partial charge in [0.05, 0.1) is 5.56 Å². The number of likely N-dealkylation sites (tertiary alicyclic amines) is 1. The van der Waals surface area contributed by atoms with Crippen molar-refractivity contribution in [2.75, 3.05) is 13.1 Å². The molecular weight excluding hydrogens is 303 g/mol. The Balaban J connectivity index is 2.10. The van der Waals surface area contributed by atoms with Gasteiger partial charge in [-0.1, -0.05) is 0 Å². The summed E-state index contributed by atoms with van der Waals surface area (Å²) in [4.78, 5) is 22.5. The van der Waals surface area contributed by atoms with E-state index in [0.717, 1.165) is 17.0 Å². The molecule has 1 saturated heterocycles. The fourth-order valence-electron chi connectivity index (χ4n) is 2.27. The second kappa shape index (κ2) is 6.25. The minimum absolute atomic E-state index is 0.0520. The zero-order chi connectivity index (χ0) is 16.3. The molecule has 8 heteroatoms. The quantitative estimate of drug-likeness (QED) is 0.796. The van der Waals surface area contributed by atoms with Crippen molar-refractivity contribution in [3.8, 4) is 5.75 Å². The number of halogens is 3. The number of benzene rings is 1. The number of amides is 1. The standard InChI is InChI=1S/C14H14F3NO4/c15-14(16,17)10-5-9(8-19)6-12(7-10)22-11-1-3-18(4-2-11)13(20)21/h5-8,11H,1-4H2,(H,20,21)/p-1. The van der Waals surface area contributed by atoms with Gasteiger partial charge in [0.1, 0.15) is 24.2 Å². The van der Waals surface area contributed by atoms with Gasteiger partial charge < -0.3 is 19.5 Å². The maximum Gasteiger partial charge on any atom is 0.416 e. The van der Waals surface area contributed by atoms with Gasteiger partial charge in [0.15, 0.2) is 0 Å². The highest BCUT2D eigenvalue weighted by molar-refractivity contribution is 5.76. The van der Waals surface area contributed by atoms with Crippen molar-refractivity contribution >= 4 is 12.4 Å². The number of hydrogen-bond donors (Lipinski definition) is 0. The van der Waals surface area contributed by atoms with E-state index in [1.165, 1.54) is 6.07 Å². The summed E-state index contributed by atoms with van der Waals surface area (Å²) in [6.45, 7) is 0.402. The maximum atomic E-state index is 12.8. The van der Waals surface area contributed by atoms with Crippen LogP contribution in [0, 0.1) is 0 Å². The molecule has 1 heterocycles. The lowest BCUT2D eigenvalue weighted by molar-refractivity contribution is -0.266. The van der Waals surface area contributed by atoms with E-state index in [0.29, 0.717) is 19.1 Å². The molecule has 0 radical (unpaired) electrons. The normalized spacial score (nSPS) is 16.4. The number of carboxylic acid groups (broad SMARTS) is 1. The molecule has 0 saturated carbocycles. The van der Waals surface area contributed by atoms with Crippen LogP contribution in [-0.2, 0) is 6.18 Å². The Morgan fingerprint density at radius 1 is 1.27 bits per heavy atom. The lowest BCUT2D eigenvalue weighted by atomic mass is 10.1. The third-order valence-electron chi connectivity index (χ3n) is 3.40. The molecule has 0 N–H and O–H groups in total. The van der Waals surface area contributed by atoms with Crippen molar-refractivity contribution in [3.05, 3.63) is 29.3 Å². The zero-order valence-corrected chi connectivity index (χ0v) is 11.4. The predicted molar refractivity (Wildman–Crippen MR) is 67.5 cm³/mol. The van der Waals surface area contributed by atoms with E-state index in [-0.39, 0.29) is 24.4 Å². The maximum absolute atomic E-state index is 12.8. The van der Waals surface area contributed by atoms with Gasteiger partial charge in [0, 0.05) is 31.5 Å². The molecular formula is C14H13F3NO4-. The highest BCUT2D eigenvalue weighted by Crippen LogP contribution is 2.33. The van der Waals surface area contributed by atoms with Gasteiger partial charge in [-0.2, -0.15) is 13.2 Å². The average Bonchev–Trinajstić information content (AvgIpc) is 2.46. The zero-order valence-electron chi connectivity index (χ0n) is 11.4. The summed E-state index contributed by atoms with van der Waals surface area (Å²) in [5.41, 5.74) is -1.09. The van der Waals surface area contributed by atoms with Crippen LogP contribution in [0.4, 0.5) is 18.0 Å². The fraction of sp³-hybridized carbons (Fsp3) is 0.429. The molecule has 2 rings (SSSR count). The average molecular weight is 316 g/mol. The smallest absolute Gasteiger partial charge is 0.416 e. The van der Waals surface area contributed by atoms with Crippen LogP contribution >= 0.6 is 0 Å². The fourth-order valence-corrected chi connectivity index (χ4v) is 2.27. The molecule has 1 aromatic carbocycles. The van der Waals surface area contributed by atoms with Crippen LogP contribution in [0.3, 0.4) is 0 Å². The van der Waals surface area contributed by atoms with Crippen molar-refractivity contribution < 1.29 is 32.6 Å². The summed E-state index contributed by atoms with van der Waals surface area (Å²) < 4.78 is 43.7. The molecule has 1 aliphatic heterocycles. The summed E-state index contributed by atoms with van der Waals surface area (Å²) in [5, 5.41) is 10.7. The van der Waals surface area contributed by atoms with Crippen molar-refractivity contribution in [2.24, 2.45) is 0 Å². The van der Waals surface area contributed by atoms with Gasteiger partial charge in [0.2, 0.25) is 0 Å². The predicted octanol–water partition coefficient (Wildman–Crippen LogP) is 1.70. The van der Waals surface area contributed by atoms with Crippen LogP contribution in [0.15, 0.2) is 18.2 Å². The van der Waals surface area contributed by atoms with Crippen LogP contribution in [0.1, 0.15) is 28.8 Å². The molecule has 1 amide bonds. The van der Waals surface area contributed by atoms with Crippen LogP contribution < -0.4 is 9.84 Å². The molecule has 0 aromatic heterocycles. The Morgan fingerprint density at radius 2 is 1.91 bits per heavy atom. The molecule has 120 valence electrons. The summed E-state index contributed by atoms with van der Waals surface area (Å²) in [6.07, 6.45) is -5.24. The Kier molecular flexibility index (Phi) is 4.58. The lowest BCUT2D eigenvalue weighted by Gasteiger charge is -2.33. The van der Waals surface area contributed by atoms with Gasteiger partial charge in [-0.25, -0.2) is 0 Å².